The summed E-state index contributed by atoms with van der Waals surface area (Å²) >= 11 is 0. The Morgan fingerprint density at radius 3 is 1.29 bits per heavy atom. The lowest BCUT2D eigenvalue weighted by Gasteiger charge is -2.21. The molecule has 77 heavy (non-hydrogen) atoms. The predicted molar refractivity (Wildman–Crippen MR) is 307 cm³/mol. The summed E-state index contributed by atoms with van der Waals surface area (Å²) in [5, 5.41) is 17.3. The summed E-state index contributed by atoms with van der Waals surface area (Å²) in [4.78, 5) is 34.1. The summed E-state index contributed by atoms with van der Waals surface area (Å²) in [5.41, 5.74) is 6.17. The Bertz CT molecular complexity index is 3310. The Hall–Kier alpha value is -6.89. The van der Waals surface area contributed by atoms with Crippen LogP contribution in [0.25, 0.3) is 64.6 Å². The minimum atomic E-state index is -0.219. The first-order valence-electron chi connectivity index (χ1n) is 27.4. The van der Waals surface area contributed by atoms with Crippen molar-refractivity contribution in [1.82, 2.24) is 5.32 Å². The van der Waals surface area contributed by atoms with E-state index in [4.69, 9.17) is 33.2 Å². The first kappa shape index (κ1) is 54.9. The molecule has 0 bridgehead atoms. The van der Waals surface area contributed by atoms with Crippen LogP contribution in [0.4, 0.5) is 0 Å². The third kappa shape index (κ3) is 14.0. The number of carbonyl (C=O) groups is 3. The molecule has 0 saturated heterocycles. The average molecular weight is 1040 g/mol. The molecular weight excluding hydrogens is 967 g/mol. The zero-order chi connectivity index (χ0) is 53.7. The van der Waals surface area contributed by atoms with E-state index < -0.39 is 0 Å². The van der Waals surface area contributed by atoms with Crippen LogP contribution in [0, 0.1) is 5.92 Å². The topological polar surface area (TPSA) is 128 Å². The molecule has 1 N–H and O–H groups in total. The van der Waals surface area contributed by atoms with Gasteiger partial charge in [-0.05, 0) is 187 Å². The second kappa shape index (κ2) is 26.4. The molecule has 9 rings (SSSR count). The number of carbonyl (C=O) groups excluding carboxylic acids is 3. The standard InChI is InChI=1S/C66H73NO10/c1-43(36-68)25-44(2)77-61-35-58(41-75-39-48-30-54-18-14-52-28-47(38-74-24-12-8-9-13-62(70)72-5)29-53-15-19-55(31-48)65(54)64(52)53)60(71-4)34-59(61)42-76-40-49-32-56-20-16-50-26-46(27-51-17-21-57(33-49)66(56)63(50)51)37-73-23-11-7-6-10-22-67-45(3)69/h14-21,26-36,43-44H,6-13,22-25,37-42H2,1-5H3,(H,67,69). The molecule has 0 aliphatic heterocycles. The van der Waals surface area contributed by atoms with Crippen LogP contribution in [0.1, 0.15) is 112 Å². The molecule has 0 aliphatic rings. The maximum atomic E-state index is 11.6. The molecule has 0 aliphatic carbocycles. The van der Waals surface area contributed by atoms with E-state index in [0.29, 0.717) is 64.0 Å². The number of esters is 1. The maximum absolute atomic E-state index is 11.6. The highest BCUT2D eigenvalue weighted by molar-refractivity contribution is 6.24. The van der Waals surface area contributed by atoms with Gasteiger partial charge in [-0.25, -0.2) is 0 Å². The Morgan fingerprint density at radius 2 is 0.883 bits per heavy atom. The molecule has 0 radical (unpaired) electrons. The van der Waals surface area contributed by atoms with Crippen molar-refractivity contribution in [3.8, 4) is 11.5 Å². The minimum absolute atomic E-state index is 0.0267. The van der Waals surface area contributed by atoms with E-state index in [9.17, 15) is 14.4 Å². The van der Waals surface area contributed by atoms with Gasteiger partial charge in [0.05, 0.1) is 60.0 Å². The SMILES string of the molecule is COC(=O)CCCCCOCc1cc2ccc3cc(COCc4cc(OC(C)CC(C)C=O)c(COCc5cc6ccc7cc(COCCCCCCNC(C)=O)cc8ccc(c5)c6c78)cc4OC)cc4ccc(c1)c2c34. The second-order valence-corrected chi connectivity index (χ2v) is 20.9. The van der Waals surface area contributed by atoms with Crippen LogP contribution in [0.3, 0.4) is 0 Å². The summed E-state index contributed by atoms with van der Waals surface area (Å²) in [7, 11) is 3.10. The minimum Gasteiger partial charge on any atom is -0.496 e. The van der Waals surface area contributed by atoms with Crippen molar-refractivity contribution in [2.24, 2.45) is 5.92 Å². The number of nitrogens with one attached hydrogen (secondary N) is 1. The van der Waals surface area contributed by atoms with Gasteiger partial charge in [-0.2, -0.15) is 0 Å². The molecule has 2 unspecified atom stereocenters. The molecule has 0 spiro atoms. The van der Waals surface area contributed by atoms with Gasteiger partial charge in [-0.15, -0.1) is 0 Å². The van der Waals surface area contributed by atoms with Gasteiger partial charge in [0.25, 0.3) is 0 Å². The van der Waals surface area contributed by atoms with Crippen molar-refractivity contribution >= 4 is 82.8 Å². The lowest BCUT2D eigenvalue weighted by molar-refractivity contribution is -0.140. The van der Waals surface area contributed by atoms with Crippen molar-refractivity contribution < 1.29 is 47.5 Å². The maximum Gasteiger partial charge on any atom is 0.305 e. The number of ether oxygens (including phenoxy) is 7. The Labute approximate surface area is 452 Å². The fourth-order valence-electron chi connectivity index (χ4n) is 10.9. The van der Waals surface area contributed by atoms with E-state index in [1.807, 2.05) is 26.0 Å². The summed E-state index contributed by atoms with van der Waals surface area (Å²) in [5.74, 6) is 1.08. The number of unbranched alkanes of at least 4 members (excludes halogenated alkanes) is 5. The van der Waals surface area contributed by atoms with Crippen LogP contribution in [0.5, 0.6) is 11.5 Å². The van der Waals surface area contributed by atoms with Crippen molar-refractivity contribution in [1.29, 1.82) is 0 Å². The molecule has 0 heterocycles. The second-order valence-electron chi connectivity index (χ2n) is 20.9. The van der Waals surface area contributed by atoms with E-state index in [2.05, 4.69) is 102 Å². The molecule has 11 heteroatoms. The zero-order valence-electron chi connectivity index (χ0n) is 45.4. The van der Waals surface area contributed by atoms with E-state index >= 15 is 0 Å². The zero-order valence-corrected chi connectivity index (χ0v) is 45.4. The summed E-state index contributed by atoms with van der Waals surface area (Å²) in [6.07, 6.45) is 8.59. The van der Waals surface area contributed by atoms with Gasteiger partial charge < -0.3 is 43.3 Å². The van der Waals surface area contributed by atoms with Gasteiger partial charge in [0.1, 0.15) is 17.8 Å². The Morgan fingerprint density at radius 1 is 0.494 bits per heavy atom. The molecule has 402 valence electrons. The van der Waals surface area contributed by atoms with Crippen LogP contribution in [0.2, 0.25) is 0 Å². The Kier molecular flexibility index (Phi) is 18.8. The van der Waals surface area contributed by atoms with Gasteiger partial charge in [0, 0.05) is 50.1 Å². The third-order valence-corrected chi connectivity index (χ3v) is 14.6. The smallest absolute Gasteiger partial charge is 0.305 e. The van der Waals surface area contributed by atoms with Crippen LogP contribution < -0.4 is 14.8 Å². The first-order valence-corrected chi connectivity index (χ1v) is 27.4. The number of amides is 1. The molecule has 9 aromatic carbocycles. The summed E-state index contributed by atoms with van der Waals surface area (Å²) in [6.45, 7) is 10.1. The largest absolute Gasteiger partial charge is 0.496 e. The quantitative estimate of drug-likeness (QED) is 0.0194. The average Bonchev–Trinajstić information content (AvgIpc) is 3.47. The third-order valence-electron chi connectivity index (χ3n) is 14.6. The molecule has 9 aromatic rings. The fourth-order valence-corrected chi connectivity index (χ4v) is 10.9. The summed E-state index contributed by atoms with van der Waals surface area (Å²) < 4.78 is 42.4. The van der Waals surface area contributed by atoms with Crippen LogP contribution in [0.15, 0.2) is 109 Å². The van der Waals surface area contributed by atoms with Crippen LogP contribution in [-0.4, -0.2) is 58.2 Å². The van der Waals surface area contributed by atoms with Gasteiger partial charge in [0.15, 0.2) is 0 Å². The molecular formula is C66H73NO10. The van der Waals surface area contributed by atoms with Crippen LogP contribution in [-0.2, 0) is 77.7 Å². The van der Waals surface area contributed by atoms with Gasteiger partial charge in [-0.3, -0.25) is 9.59 Å². The highest BCUT2D eigenvalue weighted by atomic mass is 16.5. The number of methoxy groups -OCH3 is 2. The normalized spacial score (nSPS) is 12.6. The molecule has 1 amide bonds. The van der Waals surface area contributed by atoms with Crippen molar-refractivity contribution in [3.05, 3.63) is 143 Å². The molecule has 11 nitrogen and oxygen atoms in total. The molecule has 0 fully saturated rings. The number of hydrogen-bond donors (Lipinski definition) is 1. The monoisotopic (exact) mass is 1040 g/mol. The van der Waals surface area contributed by atoms with Gasteiger partial charge in [-0.1, -0.05) is 74.7 Å². The van der Waals surface area contributed by atoms with E-state index in [1.165, 1.54) is 77.3 Å². The molecule has 2 atom stereocenters. The van der Waals surface area contributed by atoms with Gasteiger partial charge >= 0.3 is 5.97 Å². The summed E-state index contributed by atoms with van der Waals surface area (Å²) in [6, 6.07) is 39.5. The van der Waals surface area contributed by atoms with Crippen molar-refractivity contribution in [2.45, 2.75) is 124 Å². The lowest BCUT2D eigenvalue weighted by Crippen LogP contribution is -2.20. The lowest BCUT2D eigenvalue weighted by atomic mass is 9.92. The van der Waals surface area contributed by atoms with E-state index in [0.717, 1.165) is 92.2 Å². The number of benzene rings is 9. The number of aldehydes is 1. The molecule has 0 aromatic heterocycles. The van der Waals surface area contributed by atoms with E-state index in [-0.39, 0.29) is 30.5 Å². The highest BCUT2D eigenvalue weighted by Gasteiger charge is 2.19. The highest BCUT2D eigenvalue weighted by Crippen LogP contribution is 2.39. The van der Waals surface area contributed by atoms with Crippen LogP contribution >= 0.6 is 0 Å². The van der Waals surface area contributed by atoms with E-state index in [1.54, 1.807) is 14.0 Å². The van der Waals surface area contributed by atoms with Crippen molar-refractivity contribution in [2.75, 3.05) is 34.0 Å². The molecule has 0 saturated carbocycles. The number of rotatable bonds is 31. The predicted octanol–water partition coefficient (Wildman–Crippen LogP) is 14.4. The van der Waals surface area contributed by atoms with Crippen molar-refractivity contribution in [3.63, 3.8) is 0 Å². The van der Waals surface area contributed by atoms with Gasteiger partial charge in [0.2, 0.25) is 5.91 Å². The Balaban J connectivity index is 0.834. The first-order chi connectivity index (χ1) is 37.6. The fraction of sp³-hybridized carbons (Fsp3) is 0.379. The number of hydrogen-bond acceptors (Lipinski definition) is 10.